The van der Waals surface area contributed by atoms with Crippen molar-refractivity contribution in [2.24, 2.45) is 0 Å². The molecule has 7 nitrogen and oxygen atoms in total. The van der Waals surface area contributed by atoms with Crippen LogP contribution < -0.4 is 5.32 Å². The van der Waals surface area contributed by atoms with Gasteiger partial charge in [0.1, 0.15) is 5.82 Å². The zero-order valence-corrected chi connectivity index (χ0v) is 16.2. The molecule has 2 aromatic rings. The van der Waals surface area contributed by atoms with Gasteiger partial charge in [-0.1, -0.05) is 23.7 Å². The highest BCUT2D eigenvalue weighted by atomic mass is 35.5. The Kier molecular flexibility index (Phi) is 6.77. The third kappa shape index (κ3) is 4.39. The van der Waals surface area contributed by atoms with Crippen molar-refractivity contribution >= 4 is 39.7 Å². The molecular weight excluding hydrogens is 420 g/mol. The summed E-state index contributed by atoms with van der Waals surface area (Å²) in [6.45, 7) is 0.750. The van der Waals surface area contributed by atoms with E-state index in [4.69, 9.17) is 11.6 Å². The van der Waals surface area contributed by atoms with Crippen LogP contribution in [0.5, 0.6) is 0 Å². The number of piperazine rings is 1. The summed E-state index contributed by atoms with van der Waals surface area (Å²) in [5.41, 5.74) is -0.119. The first-order chi connectivity index (χ1) is 12.3. The number of nitrogens with zero attached hydrogens (tertiary/aromatic N) is 2. The minimum Gasteiger partial charge on any atom is -0.313 e. The van der Waals surface area contributed by atoms with E-state index in [0.717, 1.165) is 16.4 Å². The van der Waals surface area contributed by atoms with Gasteiger partial charge in [0.05, 0.1) is 11.0 Å². The maximum Gasteiger partial charge on any atom is 0.290 e. The van der Waals surface area contributed by atoms with E-state index in [-0.39, 0.29) is 30.5 Å². The normalized spacial score (nSPS) is 17.9. The lowest BCUT2D eigenvalue weighted by atomic mass is 10.1. The van der Waals surface area contributed by atoms with Gasteiger partial charge in [-0.05, 0) is 29.8 Å². The first-order valence-electron chi connectivity index (χ1n) is 7.72. The van der Waals surface area contributed by atoms with Crippen LogP contribution in [0.15, 0.2) is 47.4 Å². The fourth-order valence-corrected chi connectivity index (χ4v) is 4.87. The van der Waals surface area contributed by atoms with Gasteiger partial charge >= 0.3 is 0 Å². The highest BCUT2D eigenvalue weighted by Crippen LogP contribution is 2.34. The number of sulfonamides is 1. The molecule has 3 rings (SSSR count). The van der Waals surface area contributed by atoms with Gasteiger partial charge in [-0.3, -0.25) is 10.1 Å². The summed E-state index contributed by atoms with van der Waals surface area (Å²) in [5, 5.41) is 14.4. The van der Waals surface area contributed by atoms with Gasteiger partial charge in [0, 0.05) is 30.7 Å². The van der Waals surface area contributed by atoms with Gasteiger partial charge in [-0.15, -0.1) is 12.4 Å². The maximum atomic E-state index is 13.6. The number of nitrogens with one attached hydrogen (secondary N) is 1. The zero-order chi connectivity index (χ0) is 18.9. The van der Waals surface area contributed by atoms with E-state index in [1.54, 1.807) is 6.07 Å². The molecule has 0 saturated carbocycles. The fraction of sp³-hybridized carbons (Fsp3) is 0.250. The van der Waals surface area contributed by atoms with Crippen molar-refractivity contribution in [3.05, 3.63) is 69.0 Å². The minimum absolute atomic E-state index is 0. The van der Waals surface area contributed by atoms with Crippen LogP contribution in [-0.2, 0) is 10.0 Å². The van der Waals surface area contributed by atoms with E-state index in [2.05, 4.69) is 5.32 Å². The monoisotopic (exact) mass is 435 g/mol. The lowest BCUT2D eigenvalue weighted by Crippen LogP contribution is -2.48. The minimum atomic E-state index is -4.19. The first kappa shape index (κ1) is 21.5. The van der Waals surface area contributed by atoms with Gasteiger partial charge < -0.3 is 5.32 Å². The highest BCUT2D eigenvalue weighted by Gasteiger charge is 2.38. The van der Waals surface area contributed by atoms with E-state index >= 15 is 0 Å². The predicted octanol–water partition coefficient (Wildman–Crippen LogP) is 3.14. The Morgan fingerprint density at radius 2 is 2.00 bits per heavy atom. The Morgan fingerprint density at radius 1 is 1.26 bits per heavy atom. The van der Waals surface area contributed by atoms with Crippen LogP contribution in [0.25, 0.3) is 0 Å². The Hall–Kier alpha value is -1.78. The molecule has 0 spiro atoms. The molecule has 1 fully saturated rings. The van der Waals surface area contributed by atoms with Gasteiger partial charge in [0.15, 0.2) is 4.90 Å². The number of nitro groups is 1. The number of hydrogen-bond donors (Lipinski definition) is 1. The van der Waals surface area contributed by atoms with E-state index in [1.165, 1.54) is 24.3 Å². The van der Waals surface area contributed by atoms with Crippen LogP contribution in [-0.4, -0.2) is 37.3 Å². The van der Waals surface area contributed by atoms with Crippen molar-refractivity contribution in [1.82, 2.24) is 9.62 Å². The van der Waals surface area contributed by atoms with Gasteiger partial charge in [-0.2, -0.15) is 4.31 Å². The van der Waals surface area contributed by atoms with Crippen LogP contribution in [0.2, 0.25) is 5.02 Å². The zero-order valence-electron chi connectivity index (χ0n) is 13.8. The van der Waals surface area contributed by atoms with E-state index < -0.39 is 37.4 Å². The Bertz CT molecular complexity index is 958. The summed E-state index contributed by atoms with van der Waals surface area (Å²) < 4.78 is 41.1. The molecule has 146 valence electrons. The van der Waals surface area contributed by atoms with Crippen LogP contribution >= 0.6 is 24.0 Å². The summed E-state index contributed by atoms with van der Waals surface area (Å²) in [7, 11) is -4.19. The lowest BCUT2D eigenvalue weighted by molar-refractivity contribution is -0.387. The molecule has 1 N–H and O–H groups in total. The number of hydrogen-bond acceptors (Lipinski definition) is 5. The van der Waals surface area contributed by atoms with Crippen molar-refractivity contribution < 1.29 is 17.7 Å². The third-order valence-corrected chi connectivity index (χ3v) is 6.32. The molecule has 1 aliphatic heterocycles. The lowest BCUT2D eigenvalue weighted by Gasteiger charge is -2.35. The molecule has 2 aromatic carbocycles. The fourth-order valence-electron chi connectivity index (χ4n) is 2.95. The molecule has 1 saturated heterocycles. The van der Waals surface area contributed by atoms with Crippen LogP contribution in [0, 0.1) is 15.9 Å². The molecule has 0 radical (unpaired) electrons. The van der Waals surface area contributed by atoms with E-state index in [9.17, 15) is 22.9 Å². The van der Waals surface area contributed by atoms with Gasteiger partial charge in [0.2, 0.25) is 0 Å². The average Bonchev–Trinajstić information content (AvgIpc) is 2.61. The van der Waals surface area contributed by atoms with Crippen molar-refractivity contribution in [3.63, 3.8) is 0 Å². The quantitative estimate of drug-likeness (QED) is 0.587. The summed E-state index contributed by atoms with van der Waals surface area (Å²) in [4.78, 5) is 10.1. The first-order valence-corrected chi connectivity index (χ1v) is 9.54. The molecule has 0 amide bonds. The SMILES string of the molecule is Cl.O=[N+]([O-])c1cc(Cl)ccc1S(=O)(=O)N1CCNCC1c1cccc(F)c1. The number of benzene rings is 2. The summed E-state index contributed by atoms with van der Waals surface area (Å²) in [6.07, 6.45) is 0. The number of halogens is 3. The Morgan fingerprint density at radius 3 is 2.67 bits per heavy atom. The predicted molar refractivity (Wildman–Crippen MR) is 101 cm³/mol. The van der Waals surface area contributed by atoms with Crippen molar-refractivity contribution in [1.29, 1.82) is 0 Å². The molecule has 0 bridgehead atoms. The van der Waals surface area contributed by atoms with Crippen LogP contribution in [0.3, 0.4) is 0 Å². The van der Waals surface area contributed by atoms with Crippen molar-refractivity contribution in [2.45, 2.75) is 10.9 Å². The summed E-state index contributed by atoms with van der Waals surface area (Å²) in [6, 6.07) is 8.39. The molecule has 0 aliphatic carbocycles. The largest absolute Gasteiger partial charge is 0.313 e. The average molecular weight is 436 g/mol. The Balaban J connectivity index is 0.00000261. The van der Waals surface area contributed by atoms with Crippen molar-refractivity contribution in [3.8, 4) is 0 Å². The molecular formula is C16H16Cl2FN3O4S. The van der Waals surface area contributed by atoms with E-state index in [0.29, 0.717) is 12.1 Å². The molecule has 11 heteroatoms. The molecule has 1 heterocycles. The second-order valence-corrected chi connectivity index (χ2v) is 8.06. The molecule has 0 aromatic heterocycles. The maximum absolute atomic E-state index is 13.6. The standard InChI is InChI=1S/C16H15ClFN3O4S.ClH/c17-12-4-5-16(14(9-12)21(22)23)26(24,25)20-7-6-19-10-15(20)11-2-1-3-13(18)8-11;/h1-5,8-9,15,19H,6-7,10H2;1H. The van der Waals surface area contributed by atoms with Crippen molar-refractivity contribution in [2.75, 3.05) is 19.6 Å². The molecule has 27 heavy (non-hydrogen) atoms. The topological polar surface area (TPSA) is 92.5 Å². The summed E-state index contributed by atoms with van der Waals surface area (Å²) >= 11 is 5.77. The van der Waals surface area contributed by atoms with Crippen LogP contribution in [0.4, 0.5) is 10.1 Å². The highest BCUT2D eigenvalue weighted by molar-refractivity contribution is 7.89. The van der Waals surface area contributed by atoms with E-state index in [1.807, 2.05) is 0 Å². The van der Waals surface area contributed by atoms with Gasteiger partial charge in [0.25, 0.3) is 15.7 Å². The van der Waals surface area contributed by atoms with Crippen LogP contribution in [0.1, 0.15) is 11.6 Å². The summed E-state index contributed by atoms with van der Waals surface area (Å²) in [5.74, 6) is -0.483. The molecule has 1 unspecified atom stereocenters. The van der Waals surface area contributed by atoms with Gasteiger partial charge in [-0.25, -0.2) is 12.8 Å². The Labute approximate surface area is 166 Å². The molecule has 1 aliphatic rings. The smallest absolute Gasteiger partial charge is 0.290 e. The third-order valence-electron chi connectivity index (χ3n) is 4.13. The second kappa shape index (κ2) is 8.49. The molecule has 1 atom stereocenters. The number of rotatable bonds is 4. The number of nitro benzene ring substituents is 1. The second-order valence-electron chi connectivity index (χ2n) is 5.76.